The SMILES string of the molecule is COc1ccc(COC(=O)N2C[C@H](OS(C)(=O)=O)C[C@H]2N2C(=O)c3ccccc3C2=O)cc1. The Morgan fingerprint density at radius 1 is 1.03 bits per heavy atom. The molecule has 1 fully saturated rings. The van der Waals surface area contributed by atoms with Gasteiger partial charge in [-0.25, -0.2) is 4.79 Å². The number of ether oxygens (including phenoxy) is 2. The molecule has 0 N–H and O–H groups in total. The molecular formula is C22H22N2O8S. The summed E-state index contributed by atoms with van der Waals surface area (Å²) in [6, 6.07) is 13.2. The van der Waals surface area contributed by atoms with Crippen molar-refractivity contribution in [1.82, 2.24) is 9.80 Å². The van der Waals surface area contributed by atoms with Crippen LogP contribution >= 0.6 is 0 Å². The molecule has 0 saturated carbocycles. The second-order valence-electron chi connectivity index (χ2n) is 7.72. The van der Waals surface area contributed by atoms with Crippen molar-refractivity contribution < 1.29 is 36.5 Å². The number of likely N-dealkylation sites (tertiary alicyclic amines) is 1. The zero-order valence-electron chi connectivity index (χ0n) is 18.0. The van der Waals surface area contributed by atoms with Crippen molar-refractivity contribution >= 4 is 28.0 Å². The van der Waals surface area contributed by atoms with Crippen LogP contribution in [0.3, 0.4) is 0 Å². The number of imide groups is 1. The summed E-state index contributed by atoms with van der Waals surface area (Å²) in [7, 11) is -2.29. The maximum atomic E-state index is 12.9. The minimum Gasteiger partial charge on any atom is -0.497 e. The van der Waals surface area contributed by atoms with E-state index in [0.717, 1.165) is 16.1 Å². The van der Waals surface area contributed by atoms with Crippen LogP contribution in [0.1, 0.15) is 32.7 Å². The van der Waals surface area contributed by atoms with E-state index in [2.05, 4.69) is 0 Å². The largest absolute Gasteiger partial charge is 0.497 e. The van der Waals surface area contributed by atoms with Gasteiger partial charge in [0.25, 0.3) is 21.9 Å². The highest BCUT2D eigenvalue weighted by Gasteiger charge is 2.49. The summed E-state index contributed by atoms with van der Waals surface area (Å²) >= 11 is 0. The molecule has 174 valence electrons. The fourth-order valence-corrected chi connectivity index (χ4v) is 4.60. The predicted octanol–water partition coefficient (Wildman–Crippen LogP) is 2.00. The summed E-state index contributed by atoms with van der Waals surface area (Å²) in [5, 5.41) is 0. The van der Waals surface area contributed by atoms with E-state index in [1.54, 1.807) is 36.4 Å². The molecule has 0 radical (unpaired) electrons. The van der Waals surface area contributed by atoms with Gasteiger partial charge in [0.05, 0.1) is 37.1 Å². The van der Waals surface area contributed by atoms with Gasteiger partial charge in [-0.1, -0.05) is 24.3 Å². The van der Waals surface area contributed by atoms with E-state index in [0.29, 0.717) is 11.3 Å². The lowest BCUT2D eigenvalue weighted by Gasteiger charge is -2.29. The van der Waals surface area contributed by atoms with Gasteiger partial charge in [-0.15, -0.1) is 0 Å². The van der Waals surface area contributed by atoms with Gasteiger partial charge in [-0.2, -0.15) is 8.42 Å². The van der Waals surface area contributed by atoms with Gasteiger partial charge < -0.3 is 9.47 Å². The van der Waals surface area contributed by atoms with Crippen molar-refractivity contribution in [2.75, 3.05) is 19.9 Å². The Morgan fingerprint density at radius 3 is 2.18 bits per heavy atom. The van der Waals surface area contributed by atoms with E-state index in [1.165, 1.54) is 19.2 Å². The van der Waals surface area contributed by atoms with Gasteiger partial charge in [-0.05, 0) is 29.8 Å². The minimum absolute atomic E-state index is 0.0594. The summed E-state index contributed by atoms with van der Waals surface area (Å²) in [5.41, 5.74) is 1.15. The molecule has 10 nitrogen and oxygen atoms in total. The Hall–Kier alpha value is -3.44. The molecule has 33 heavy (non-hydrogen) atoms. The normalized spacial score (nSPS) is 20.2. The Balaban J connectivity index is 1.55. The molecule has 2 aromatic rings. The number of amides is 3. The molecule has 0 unspecified atom stereocenters. The fraction of sp³-hybridized carbons (Fsp3) is 0.318. The van der Waals surface area contributed by atoms with E-state index in [-0.39, 0.29) is 30.7 Å². The van der Waals surface area contributed by atoms with Crippen molar-refractivity contribution in [3.63, 3.8) is 0 Å². The maximum absolute atomic E-state index is 12.9. The average molecular weight is 474 g/mol. The number of nitrogens with zero attached hydrogens (tertiary/aromatic N) is 2. The summed E-state index contributed by atoms with van der Waals surface area (Å²) in [4.78, 5) is 40.9. The van der Waals surface area contributed by atoms with Crippen LogP contribution in [0.2, 0.25) is 0 Å². The highest BCUT2D eigenvalue weighted by molar-refractivity contribution is 7.86. The van der Waals surface area contributed by atoms with Crippen molar-refractivity contribution in [2.24, 2.45) is 0 Å². The van der Waals surface area contributed by atoms with Gasteiger partial charge in [0, 0.05) is 6.42 Å². The van der Waals surface area contributed by atoms with Crippen molar-refractivity contribution in [1.29, 1.82) is 0 Å². The summed E-state index contributed by atoms with van der Waals surface area (Å²) in [6.45, 7) is -0.224. The number of rotatable bonds is 6. The number of hydrogen-bond donors (Lipinski definition) is 0. The summed E-state index contributed by atoms with van der Waals surface area (Å²) in [6.07, 6.45) is -1.94. The van der Waals surface area contributed by atoms with Crippen LogP contribution in [0.15, 0.2) is 48.5 Å². The Kier molecular flexibility index (Phi) is 6.09. The summed E-state index contributed by atoms with van der Waals surface area (Å²) in [5.74, 6) is -0.474. The lowest BCUT2D eigenvalue weighted by atomic mass is 10.1. The smallest absolute Gasteiger partial charge is 0.411 e. The van der Waals surface area contributed by atoms with E-state index in [1.807, 2.05) is 0 Å². The van der Waals surface area contributed by atoms with Crippen LogP contribution in [0.25, 0.3) is 0 Å². The second kappa shape index (κ2) is 8.83. The molecule has 2 aromatic carbocycles. The fourth-order valence-electron chi connectivity index (χ4n) is 3.96. The minimum atomic E-state index is -3.83. The van der Waals surface area contributed by atoms with Crippen molar-refractivity contribution in [3.8, 4) is 5.75 Å². The van der Waals surface area contributed by atoms with Gasteiger partial charge in [0.1, 0.15) is 18.5 Å². The van der Waals surface area contributed by atoms with Crippen LogP contribution in [-0.2, 0) is 25.6 Å². The number of methoxy groups -OCH3 is 1. The Labute approximate surface area is 190 Å². The van der Waals surface area contributed by atoms with Gasteiger partial charge in [0.2, 0.25) is 0 Å². The molecule has 2 aliphatic rings. The molecular weight excluding hydrogens is 452 g/mol. The third-order valence-electron chi connectivity index (χ3n) is 5.42. The van der Waals surface area contributed by atoms with E-state index >= 15 is 0 Å². The zero-order chi connectivity index (χ0) is 23.8. The van der Waals surface area contributed by atoms with Crippen LogP contribution < -0.4 is 4.74 Å². The molecule has 0 aromatic heterocycles. The monoisotopic (exact) mass is 474 g/mol. The number of fused-ring (bicyclic) bond motifs is 1. The van der Waals surface area contributed by atoms with E-state index < -0.39 is 40.3 Å². The third kappa shape index (κ3) is 4.69. The first-order valence-corrected chi connectivity index (χ1v) is 11.9. The quantitative estimate of drug-likeness (QED) is 0.461. The topological polar surface area (TPSA) is 120 Å². The molecule has 11 heteroatoms. The average Bonchev–Trinajstić information content (AvgIpc) is 3.29. The number of carbonyl (C=O) groups is 3. The molecule has 2 atom stereocenters. The molecule has 2 aliphatic heterocycles. The highest BCUT2D eigenvalue weighted by atomic mass is 32.2. The molecule has 1 saturated heterocycles. The van der Waals surface area contributed by atoms with Crippen LogP contribution in [-0.4, -0.2) is 68.3 Å². The molecule has 3 amide bonds. The lowest BCUT2D eigenvalue weighted by Crippen LogP contribution is -2.49. The Bertz CT molecular complexity index is 1160. The van der Waals surface area contributed by atoms with Crippen molar-refractivity contribution in [3.05, 3.63) is 65.2 Å². The number of carbonyl (C=O) groups excluding carboxylic acids is 3. The first-order chi connectivity index (χ1) is 15.7. The van der Waals surface area contributed by atoms with Crippen LogP contribution in [0.4, 0.5) is 4.79 Å². The number of benzene rings is 2. The molecule has 4 rings (SSSR count). The van der Waals surface area contributed by atoms with E-state index in [4.69, 9.17) is 13.7 Å². The van der Waals surface area contributed by atoms with Crippen molar-refractivity contribution in [2.45, 2.75) is 25.3 Å². The van der Waals surface area contributed by atoms with Gasteiger partial charge >= 0.3 is 6.09 Å². The molecule has 0 bridgehead atoms. The first kappa shape index (κ1) is 22.7. The first-order valence-electron chi connectivity index (χ1n) is 10.1. The lowest BCUT2D eigenvalue weighted by molar-refractivity contribution is 0.0347. The molecule has 0 spiro atoms. The summed E-state index contributed by atoms with van der Waals surface area (Å²) < 4.78 is 38.8. The third-order valence-corrected chi connectivity index (χ3v) is 6.05. The molecule has 2 heterocycles. The molecule has 0 aliphatic carbocycles. The van der Waals surface area contributed by atoms with E-state index in [9.17, 15) is 22.8 Å². The predicted molar refractivity (Wildman–Crippen MR) is 115 cm³/mol. The Morgan fingerprint density at radius 2 is 1.64 bits per heavy atom. The standard InChI is InChI=1S/C22H22N2O8S/c1-30-15-9-7-14(8-10-15)13-31-22(27)23-12-16(32-33(2,28)29)11-19(23)24-20(25)17-5-3-4-6-18(17)21(24)26/h3-10,16,19H,11-13H2,1-2H3/t16-,19-/m1/s1. The second-order valence-corrected chi connectivity index (χ2v) is 9.32. The number of hydrogen-bond acceptors (Lipinski definition) is 8. The van der Waals surface area contributed by atoms with Crippen LogP contribution in [0, 0.1) is 0 Å². The zero-order valence-corrected chi connectivity index (χ0v) is 18.8. The van der Waals surface area contributed by atoms with Crippen LogP contribution in [0.5, 0.6) is 5.75 Å². The maximum Gasteiger partial charge on any atom is 0.411 e. The van der Waals surface area contributed by atoms with Gasteiger partial charge in [-0.3, -0.25) is 23.6 Å². The highest BCUT2D eigenvalue weighted by Crippen LogP contribution is 2.32. The van der Waals surface area contributed by atoms with Gasteiger partial charge in [0.15, 0.2) is 0 Å².